The maximum Gasteiger partial charge on any atom is 0.0574 e. The fourth-order valence-corrected chi connectivity index (χ4v) is 1.84. The number of nitrogen functional groups attached to an aromatic ring is 1. The van der Waals surface area contributed by atoms with Crippen molar-refractivity contribution in [3.05, 3.63) is 23.2 Å². The van der Waals surface area contributed by atoms with Gasteiger partial charge in [0, 0.05) is 17.6 Å². The van der Waals surface area contributed by atoms with Crippen LogP contribution in [0.5, 0.6) is 0 Å². The predicted molar refractivity (Wildman–Crippen MR) is 81.4 cm³/mol. The van der Waals surface area contributed by atoms with Crippen molar-refractivity contribution in [3.8, 4) is 0 Å². The van der Waals surface area contributed by atoms with Crippen molar-refractivity contribution >= 4 is 23.0 Å². The third-order valence-electron chi connectivity index (χ3n) is 3.15. The summed E-state index contributed by atoms with van der Waals surface area (Å²) >= 11 is 5.85. The Hall–Kier alpha value is -0.930. The highest BCUT2D eigenvalue weighted by Crippen LogP contribution is 2.22. The second-order valence-electron chi connectivity index (χ2n) is 4.94. The monoisotopic (exact) mass is 269 g/mol. The van der Waals surface area contributed by atoms with E-state index >= 15 is 0 Å². The van der Waals surface area contributed by atoms with E-state index in [0.29, 0.717) is 16.8 Å². The lowest BCUT2D eigenvalue weighted by Gasteiger charge is -2.20. The van der Waals surface area contributed by atoms with Crippen LogP contribution in [-0.2, 0) is 0 Å². The molecule has 18 heavy (non-hydrogen) atoms. The molecule has 3 nitrogen and oxygen atoms in total. The van der Waals surface area contributed by atoms with Crippen LogP contribution in [0.4, 0.5) is 11.4 Å². The summed E-state index contributed by atoms with van der Waals surface area (Å²) in [5.41, 5.74) is 7.55. The van der Waals surface area contributed by atoms with Gasteiger partial charge in [-0.15, -0.1) is 0 Å². The average molecular weight is 270 g/mol. The van der Waals surface area contributed by atoms with Crippen LogP contribution in [0.15, 0.2) is 18.2 Å². The quantitative estimate of drug-likeness (QED) is 0.588. The minimum Gasteiger partial charge on any atom is -0.397 e. The Kier molecular flexibility index (Phi) is 6.30. The summed E-state index contributed by atoms with van der Waals surface area (Å²) in [6.45, 7) is 6.51. The topological polar surface area (TPSA) is 41.3 Å². The number of unbranched alkanes of at least 4 members (excludes halogenated alkanes) is 1. The SMILES string of the molecule is CC(C)N(C)CCCCNc1ccc(Cl)cc1N. The largest absolute Gasteiger partial charge is 0.397 e. The Balaban J connectivity index is 2.22. The lowest BCUT2D eigenvalue weighted by molar-refractivity contribution is 0.269. The Morgan fingerprint density at radius 1 is 1.33 bits per heavy atom. The highest BCUT2D eigenvalue weighted by atomic mass is 35.5. The van der Waals surface area contributed by atoms with Gasteiger partial charge in [0.05, 0.1) is 11.4 Å². The van der Waals surface area contributed by atoms with Crippen LogP contribution in [0, 0.1) is 0 Å². The number of hydrogen-bond donors (Lipinski definition) is 2. The average Bonchev–Trinajstić information content (AvgIpc) is 2.30. The van der Waals surface area contributed by atoms with Crippen LogP contribution in [0.3, 0.4) is 0 Å². The van der Waals surface area contributed by atoms with Crippen molar-refractivity contribution in [2.75, 3.05) is 31.2 Å². The van der Waals surface area contributed by atoms with Crippen molar-refractivity contribution in [3.63, 3.8) is 0 Å². The normalized spacial score (nSPS) is 11.2. The van der Waals surface area contributed by atoms with Gasteiger partial charge in [-0.2, -0.15) is 0 Å². The lowest BCUT2D eigenvalue weighted by atomic mass is 10.2. The molecule has 0 saturated carbocycles. The molecule has 0 atom stereocenters. The second-order valence-corrected chi connectivity index (χ2v) is 5.38. The number of benzene rings is 1. The third kappa shape index (κ3) is 5.15. The highest BCUT2D eigenvalue weighted by Gasteiger charge is 2.02. The summed E-state index contributed by atoms with van der Waals surface area (Å²) in [5, 5.41) is 4.02. The zero-order valence-corrected chi connectivity index (χ0v) is 12.3. The molecule has 0 aliphatic heterocycles. The van der Waals surface area contributed by atoms with Gasteiger partial charge in [-0.3, -0.25) is 0 Å². The summed E-state index contributed by atoms with van der Waals surface area (Å²) < 4.78 is 0. The number of halogens is 1. The first kappa shape index (κ1) is 15.1. The van der Waals surface area contributed by atoms with E-state index in [1.165, 1.54) is 6.42 Å². The van der Waals surface area contributed by atoms with E-state index in [9.17, 15) is 0 Å². The summed E-state index contributed by atoms with van der Waals surface area (Å²) in [6.07, 6.45) is 2.33. The smallest absolute Gasteiger partial charge is 0.0574 e. The zero-order chi connectivity index (χ0) is 13.5. The summed E-state index contributed by atoms with van der Waals surface area (Å²) in [7, 11) is 2.16. The molecule has 1 aromatic carbocycles. The molecular weight excluding hydrogens is 246 g/mol. The predicted octanol–water partition coefficient (Wildman–Crippen LogP) is 3.45. The van der Waals surface area contributed by atoms with E-state index in [4.69, 9.17) is 17.3 Å². The molecule has 1 aromatic rings. The van der Waals surface area contributed by atoms with Gasteiger partial charge < -0.3 is 16.0 Å². The summed E-state index contributed by atoms with van der Waals surface area (Å²) in [6, 6.07) is 6.17. The van der Waals surface area contributed by atoms with E-state index < -0.39 is 0 Å². The molecule has 0 bridgehead atoms. The standard InChI is InChI=1S/C14H24ClN3/c1-11(2)18(3)9-5-4-8-17-14-7-6-12(15)10-13(14)16/h6-7,10-11,17H,4-5,8-9,16H2,1-3H3. The maximum absolute atomic E-state index is 5.87. The van der Waals surface area contributed by atoms with Gasteiger partial charge in [-0.1, -0.05) is 11.6 Å². The molecule has 0 fully saturated rings. The van der Waals surface area contributed by atoms with Crippen molar-refractivity contribution in [2.24, 2.45) is 0 Å². The van der Waals surface area contributed by atoms with Crippen LogP contribution in [-0.4, -0.2) is 31.1 Å². The number of hydrogen-bond acceptors (Lipinski definition) is 3. The Labute approximate surface area is 115 Å². The van der Waals surface area contributed by atoms with Crippen molar-refractivity contribution in [2.45, 2.75) is 32.7 Å². The molecule has 0 heterocycles. The van der Waals surface area contributed by atoms with Crippen LogP contribution < -0.4 is 11.1 Å². The zero-order valence-electron chi connectivity index (χ0n) is 11.5. The maximum atomic E-state index is 5.87. The van der Waals surface area contributed by atoms with Gasteiger partial charge in [0.1, 0.15) is 0 Å². The lowest BCUT2D eigenvalue weighted by Crippen LogP contribution is -2.27. The second kappa shape index (κ2) is 7.49. The fourth-order valence-electron chi connectivity index (χ4n) is 1.66. The van der Waals surface area contributed by atoms with Gasteiger partial charge in [0.15, 0.2) is 0 Å². The number of rotatable bonds is 7. The minimum atomic E-state index is 0.616. The van der Waals surface area contributed by atoms with Crippen LogP contribution in [0.25, 0.3) is 0 Å². The molecule has 0 saturated heterocycles. The molecule has 0 radical (unpaired) electrons. The van der Waals surface area contributed by atoms with Gasteiger partial charge in [0.25, 0.3) is 0 Å². The molecule has 0 spiro atoms. The molecule has 3 N–H and O–H groups in total. The first-order chi connectivity index (χ1) is 8.50. The van der Waals surface area contributed by atoms with E-state index in [2.05, 4.69) is 31.1 Å². The summed E-state index contributed by atoms with van der Waals surface area (Å²) in [4.78, 5) is 2.36. The Morgan fingerprint density at radius 2 is 2.06 bits per heavy atom. The van der Waals surface area contributed by atoms with Crippen molar-refractivity contribution in [1.82, 2.24) is 4.90 Å². The molecule has 0 aliphatic carbocycles. The van der Waals surface area contributed by atoms with Crippen molar-refractivity contribution < 1.29 is 0 Å². The van der Waals surface area contributed by atoms with E-state index in [1.54, 1.807) is 6.07 Å². The van der Waals surface area contributed by atoms with Crippen LogP contribution in [0.1, 0.15) is 26.7 Å². The van der Waals surface area contributed by atoms with Gasteiger partial charge in [0.2, 0.25) is 0 Å². The van der Waals surface area contributed by atoms with Crippen molar-refractivity contribution in [1.29, 1.82) is 0 Å². The molecule has 4 heteroatoms. The fraction of sp³-hybridized carbons (Fsp3) is 0.571. The number of nitrogens with two attached hydrogens (primary N) is 1. The minimum absolute atomic E-state index is 0.616. The number of nitrogens with zero attached hydrogens (tertiary/aromatic N) is 1. The molecule has 102 valence electrons. The molecule has 0 aliphatic rings. The third-order valence-corrected chi connectivity index (χ3v) is 3.38. The first-order valence-electron chi connectivity index (χ1n) is 6.50. The van der Waals surface area contributed by atoms with E-state index in [0.717, 1.165) is 25.2 Å². The van der Waals surface area contributed by atoms with E-state index in [1.807, 2.05) is 12.1 Å². The number of nitrogens with one attached hydrogen (secondary N) is 1. The molecule has 0 unspecified atom stereocenters. The van der Waals surface area contributed by atoms with Crippen LogP contribution >= 0.6 is 11.6 Å². The van der Waals surface area contributed by atoms with Gasteiger partial charge in [-0.25, -0.2) is 0 Å². The van der Waals surface area contributed by atoms with E-state index in [-0.39, 0.29) is 0 Å². The number of anilines is 2. The summed E-state index contributed by atoms with van der Waals surface area (Å²) in [5.74, 6) is 0. The Bertz CT molecular complexity index is 366. The molecule has 0 amide bonds. The van der Waals surface area contributed by atoms with Gasteiger partial charge >= 0.3 is 0 Å². The molecular formula is C14H24ClN3. The highest BCUT2D eigenvalue weighted by molar-refractivity contribution is 6.31. The molecule has 0 aromatic heterocycles. The Morgan fingerprint density at radius 3 is 2.67 bits per heavy atom. The van der Waals surface area contributed by atoms with Crippen LogP contribution in [0.2, 0.25) is 5.02 Å². The first-order valence-corrected chi connectivity index (χ1v) is 6.87. The van der Waals surface area contributed by atoms with Gasteiger partial charge in [-0.05, 0) is 58.5 Å². The molecule has 1 rings (SSSR count).